The standard InChI is InChI=1S/C20H18FN3O2/c21-16-3-1-2-13(10-16)18-14(12-23-24-18)11-22-19(26)20(8-9-20)15-4-6-17(25)7-5-15/h1-7,10,12,25H,8-9,11H2,(H,22,26)(H,23,24). The molecule has 0 radical (unpaired) electrons. The Morgan fingerprint density at radius 3 is 2.69 bits per heavy atom. The van der Waals surface area contributed by atoms with E-state index >= 15 is 0 Å². The second kappa shape index (κ2) is 6.29. The molecule has 1 aliphatic rings. The molecule has 0 spiro atoms. The normalized spacial score (nSPS) is 14.8. The van der Waals surface area contributed by atoms with E-state index < -0.39 is 5.41 Å². The van der Waals surface area contributed by atoms with Crippen LogP contribution in [0.25, 0.3) is 11.3 Å². The first-order valence-electron chi connectivity index (χ1n) is 8.44. The van der Waals surface area contributed by atoms with E-state index in [1.807, 2.05) is 0 Å². The van der Waals surface area contributed by atoms with Crippen LogP contribution in [0.1, 0.15) is 24.0 Å². The van der Waals surface area contributed by atoms with Gasteiger partial charge in [0, 0.05) is 17.7 Å². The number of aromatic amines is 1. The number of rotatable bonds is 5. The third-order valence-electron chi connectivity index (χ3n) is 4.88. The van der Waals surface area contributed by atoms with Crippen molar-refractivity contribution in [2.75, 3.05) is 0 Å². The summed E-state index contributed by atoms with van der Waals surface area (Å²) >= 11 is 0. The molecule has 2 aromatic carbocycles. The number of phenols is 1. The van der Waals surface area contributed by atoms with Crippen LogP contribution in [0.4, 0.5) is 4.39 Å². The van der Waals surface area contributed by atoms with Gasteiger partial charge in [0.2, 0.25) is 5.91 Å². The van der Waals surface area contributed by atoms with Gasteiger partial charge in [-0.05, 0) is 42.7 Å². The lowest BCUT2D eigenvalue weighted by Crippen LogP contribution is -2.34. The van der Waals surface area contributed by atoms with Crippen LogP contribution >= 0.6 is 0 Å². The van der Waals surface area contributed by atoms with Gasteiger partial charge in [-0.15, -0.1) is 0 Å². The molecule has 6 heteroatoms. The zero-order valence-corrected chi connectivity index (χ0v) is 14.0. The van der Waals surface area contributed by atoms with Gasteiger partial charge in [0.1, 0.15) is 11.6 Å². The number of hydrogen-bond donors (Lipinski definition) is 3. The highest BCUT2D eigenvalue weighted by Crippen LogP contribution is 2.48. The number of nitrogens with one attached hydrogen (secondary N) is 2. The van der Waals surface area contributed by atoms with Crippen LogP contribution in [0.15, 0.2) is 54.7 Å². The number of halogens is 1. The van der Waals surface area contributed by atoms with Crippen LogP contribution in [0.3, 0.4) is 0 Å². The van der Waals surface area contributed by atoms with Crippen LogP contribution in [0, 0.1) is 5.82 Å². The first-order chi connectivity index (χ1) is 12.6. The Morgan fingerprint density at radius 1 is 1.23 bits per heavy atom. The average Bonchev–Trinajstić information content (AvgIpc) is 3.32. The number of benzene rings is 2. The van der Waals surface area contributed by atoms with Crippen molar-refractivity contribution in [2.24, 2.45) is 0 Å². The molecule has 3 aromatic rings. The number of hydrogen-bond acceptors (Lipinski definition) is 3. The summed E-state index contributed by atoms with van der Waals surface area (Å²) in [5, 5.41) is 19.3. The molecule has 4 rings (SSSR count). The van der Waals surface area contributed by atoms with Crippen molar-refractivity contribution in [3.63, 3.8) is 0 Å². The fourth-order valence-corrected chi connectivity index (χ4v) is 3.24. The van der Waals surface area contributed by atoms with Crippen molar-refractivity contribution in [2.45, 2.75) is 24.8 Å². The van der Waals surface area contributed by atoms with Gasteiger partial charge < -0.3 is 10.4 Å². The lowest BCUT2D eigenvalue weighted by molar-refractivity contribution is -0.123. The third kappa shape index (κ3) is 2.94. The molecule has 3 N–H and O–H groups in total. The number of aromatic hydroxyl groups is 1. The summed E-state index contributed by atoms with van der Waals surface area (Å²) in [6.45, 7) is 0.307. The maximum atomic E-state index is 13.5. The maximum Gasteiger partial charge on any atom is 0.230 e. The molecule has 1 fully saturated rings. The molecule has 0 atom stereocenters. The Morgan fingerprint density at radius 2 is 2.00 bits per heavy atom. The van der Waals surface area contributed by atoms with Crippen LogP contribution in [0.5, 0.6) is 5.75 Å². The van der Waals surface area contributed by atoms with E-state index in [-0.39, 0.29) is 17.5 Å². The second-order valence-electron chi connectivity index (χ2n) is 6.59. The van der Waals surface area contributed by atoms with Crippen LogP contribution in [0.2, 0.25) is 0 Å². The third-order valence-corrected chi connectivity index (χ3v) is 4.88. The van der Waals surface area contributed by atoms with Crippen molar-refractivity contribution in [3.05, 3.63) is 71.7 Å². The van der Waals surface area contributed by atoms with Gasteiger partial charge in [0.05, 0.1) is 17.3 Å². The molecule has 132 valence electrons. The van der Waals surface area contributed by atoms with E-state index in [0.29, 0.717) is 17.8 Å². The van der Waals surface area contributed by atoms with E-state index in [9.17, 15) is 14.3 Å². The predicted octanol–water partition coefficient (Wildman–Crippen LogP) is 3.27. The largest absolute Gasteiger partial charge is 0.508 e. The van der Waals surface area contributed by atoms with Crippen molar-refractivity contribution in [1.82, 2.24) is 15.5 Å². The number of nitrogens with zero attached hydrogens (tertiary/aromatic N) is 1. The summed E-state index contributed by atoms with van der Waals surface area (Å²) < 4.78 is 13.5. The number of carbonyl (C=O) groups excluding carboxylic acids is 1. The predicted molar refractivity (Wildman–Crippen MR) is 94.8 cm³/mol. The lowest BCUT2D eigenvalue weighted by Gasteiger charge is -2.16. The van der Waals surface area contributed by atoms with Crippen molar-refractivity contribution in [1.29, 1.82) is 0 Å². The molecule has 5 nitrogen and oxygen atoms in total. The first-order valence-corrected chi connectivity index (χ1v) is 8.44. The maximum absolute atomic E-state index is 13.5. The monoisotopic (exact) mass is 351 g/mol. The zero-order chi connectivity index (χ0) is 18.1. The molecule has 0 saturated heterocycles. The van der Waals surface area contributed by atoms with Crippen molar-refractivity contribution < 1.29 is 14.3 Å². The number of aromatic nitrogens is 2. The van der Waals surface area contributed by atoms with Gasteiger partial charge >= 0.3 is 0 Å². The molecule has 1 amide bonds. The fraction of sp³-hybridized carbons (Fsp3) is 0.200. The summed E-state index contributed by atoms with van der Waals surface area (Å²) in [5.74, 6) is -0.186. The van der Waals surface area contributed by atoms with E-state index in [1.165, 1.54) is 12.1 Å². The lowest BCUT2D eigenvalue weighted by atomic mass is 9.95. The number of H-pyrrole nitrogens is 1. The molecule has 0 aliphatic heterocycles. The highest BCUT2D eigenvalue weighted by atomic mass is 19.1. The van der Waals surface area contributed by atoms with E-state index in [0.717, 1.165) is 24.0 Å². The SMILES string of the molecule is O=C(NCc1cn[nH]c1-c1cccc(F)c1)C1(c2ccc(O)cc2)CC1. The fourth-order valence-electron chi connectivity index (χ4n) is 3.24. The van der Waals surface area contributed by atoms with Crippen LogP contribution in [-0.2, 0) is 16.8 Å². The van der Waals surface area contributed by atoms with Crippen LogP contribution < -0.4 is 5.32 Å². The number of amides is 1. The molecule has 1 heterocycles. The minimum Gasteiger partial charge on any atom is -0.508 e. The Balaban J connectivity index is 1.49. The molecular formula is C20H18FN3O2. The van der Waals surface area contributed by atoms with E-state index in [1.54, 1.807) is 42.6 Å². The Bertz CT molecular complexity index is 946. The molecular weight excluding hydrogens is 333 g/mol. The number of carbonyl (C=O) groups is 1. The molecule has 1 aromatic heterocycles. The van der Waals surface area contributed by atoms with Crippen molar-refractivity contribution >= 4 is 5.91 Å². The minimum atomic E-state index is -0.517. The topological polar surface area (TPSA) is 78.0 Å². The molecule has 1 aliphatic carbocycles. The van der Waals surface area contributed by atoms with Crippen molar-refractivity contribution in [3.8, 4) is 17.0 Å². The van der Waals surface area contributed by atoms with Gasteiger partial charge in [-0.2, -0.15) is 5.10 Å². The minimum absolute atomic E-state index is 0.0467. The number of phenolic OH excluding ortho intramolecular Hbond substituents is 1. The highest BCUT2D eigenvalue weighted by molar-refractivity contribution is 5.91. The second-order valence-corrected chi connectivity index (χ2v) is 6.59. The Labute approximate surface area is 149 Å². The van der Waals surface area contributed by atoms with E-state index in [2.05, 4.69) is 15.5 Å². The Hall–Kier alpha value is -3.15. The summed E-state index contributed by atoms with van der Waals surface area (Å²) in [4.78, 5) is 12.7. The summed E-state index contributed by atoms with van der Waals surface area (Å²) in [6.07, 6.45) is 3.21. The average molecular weight is 351 g/mol. The van der Waals surface area contributed by atoms with Gasteiger partial charge in [-0.25, -0.2) is 4.39 Å². The Kier molecular flexibility index (Phi) is 3.95. The van der Waals surface area contributed by atoms with Gasteiger partial charge in [-0.3, -0.25) is 9.89 Å². The van der Waals surface area contributed by atoms with Gasteiger partial charge in [0.15, 0.2) is 0 Å². The molecule has 0 unspecified atom stereocenters. The summed E-state index contributed by atoms with van der Waals surface area (Å²) in [7, 11) is 0. The summed E-state index contributed by atoms with van der Waals surface area (Å²) in [5.41, 5.74) is 2.57. The quantitative estimate of drug-likeness (QED) is 0.660. The first kappa shape index (κ1) is 16.3. The zero-order valence-electron chi connectivity index (χ0n) is 14.0. The van der Waals surface area contributed by atoms with Gasteiger partial charge in [0.25, 0.3) is 0 Å². The van der Waals surface area contributed by atoms with Crippen LogP contribution in [-0.4, -0.2) is 21.2 Å². The molecule has 26 heavy (non-hydrogen) atoms. The van der Waals surface area contributed by atoms with Gasteiger partial charge in [-0.1, -0.05) is 24.3 Å². The smallest absolute Gasteiger partial charge is 0.230 e. The molecule has 0 bridgehead atoms. The molecule has 1 saturated carbocycles. The van der Waals surface area contributed by atoms with E-state index in [4.69, 9.17) is 0 Å². The summed E-state index contributed by atoms with van der Waals surface area (Å²) in [6, 6.07) is 13.0. The highest BCUT2D eigenvalue weighted by Gasteiger charge is 2.51.